The van der Waals surface area contributed by atoms with E-state index in [1.54, 1.807) is 0 Å². The molecule has 27 heavy (non-hydrogen) atoms. The molecule has 1 aromatic rings. The smallest absolute Gasteiger partial charge is 0.310 e. The number of carbonyl (C=O) groups is 1. The lowest BCUT2D eigenvalue weighted by molar-refractivity contribution is -0.145. The van der Waals surface area contributed by atoms with Crippen molar-refractivity contribution < 1.29 is 9.53 Å². The molecular formula is C21H34N4O2. The third-order valence-electron chi connectivity index (χ3n) is 5.01. The molecule has 6 heteroatoms. The largest absolute Gasteiger partial charge is 0.469 e. The summed E-state index contributed by atoms with van der Waals surface area (Å²) >= 11 is 0. The van der Waals surface area contributed by atoms with Gasteiger partial charge in [0.2, 0.25) is 0 Å². The maximum absolute atomic E-state index is 11.9. The summed E-state index contributed by atoms with van der Waals surface area (Å²) in [7, 11) is 3.61. The molecule has 0 bridgehead atoms. The first-order valence-electron chi connectivity index (χ1n) is 9.88. The molecule has 2 rings (SSSR count). The van der Waals surface area contributed by atoms with Gasteiger partial charge in [0.1, 0.15) is 0 Å². The molecule has 1 fully saturated rings. The van der Waals surface area contributed by atoms with Crippen molar-refractivity contribution >= 4 is 11.9 Å². The predicted octanol–water partition coefficient (Wildman–Crippen LogP) is 2.21. The molecule has 0 aromatic heterocycles. The number of guanidine groups is 1. The fourth-order valence-corrected chi connectivity index (χ4v) is 3.52. The summed E-state index contributed by atoms with van der Waals surface area (Å²) in [6, 6.07) is 10.5. The van der Waals surface area contributed by atoms with Crippen LogP contribution in [-0.2, 0) is 16.1 Å². The van der Waals surface area contributed by atoms with Crippen LogP contribution in [0.15, 0.2) is 35.3 Å². The van der Waals surface area contributed by atoms with Gasteiger partial charge in [-0.05, 0) is 38.4 Å². The van der Waals surface area contributed by atoms with E-state index in [0.29, 0.717) is 6.54 Å². The molecule has 1 N–H and O–H groups in total. The number of methoxy groups -OCH3 is 1. The average molecular weight is 375 g/mol. The van der Waals surface area contributed by atoms with Crippen molar-refractivity contribution in [3.05, 3.63) is 35.9 Å². The summed E-state index contributed by atoms with van der Waals surface area (Å²) in [5, 5.41) is 3.36. The number of hydrogen-bond acceptors (Lipinski definition) is 4. The highest BCUT2D eigenvalue weighted by Gasteiger charge is 2.36. The second kappa shape index (κ2) is 10.9. The van der Waals surface area contributed by atoms with Crippen LogP contribution in [0, 0.1) is 11.8 Å². The summed E-state index contributed by atoms with van der Waals surface area (Å²) < 4.78 is 4.93. The minimum Gasteiger partial charge on any atom is -0.469 e. The van der Waals surface area contributed by atoms with Gasteiger partial charge in [0.25, 0.3) is 0 Å². The normalized spacial score (nSPS) is 20.2. The van der Waals surface area contributed by atoms with Crippen molar-refractivity contribution in [3.8, 4) is 0 Å². The number of likely N-dealkylation sites (tertiary alicyclic amines) is 1. The van der Waals surface area contributed by atoms with E-state index in [-0.39, 0.29) is 17.8 Å². The standard InChI is InChI=1S/C21H34N4O2/c1-5-22-21(25-14-17(2)19(16-25)20(26)27-4)23-12-9-13-24(3)15-18-10-7-6-8-11-18/h6-8,10-11,17,19H,5,9,12-16H2,1-4H3,(H,22,23). The molecule has 1 aliphatic heterocycles. The third-order valence-corrected chi connectivity index (χ3v) is 5.01. The van der Waals surface area contributed by atoms with Gasteiger partial charge in [0.15, 0.2) is 5.96 Å². The Labute approximate surface area is 163 Å². The molecule has 0 spiro atoms. The Morgan fingerprint density at radius 1 is 1.33 bits per heavy atom. The van der Waals surface area contributed by atoms with E-state index in [1.165, 1.54) is 12.7 Å². The highest BCUT2D eigenvalue weighted by Crippen LogP contribution is 2.24. The molecule has 1 saturated heterocycles. The maximum Gasteiger partial charge on any atom is 0.310 e. The predicted molar refractivity (Wildman–Crippen MR) is 110 cm³/mol. The lowest BCUT2D eigenvalue weighted by Crippen LogP contribution is -2.40. The number of nitrogens with one attached hydrogen (secondary N) is 1. The van der Waals surface area contributed by atoms with E-state index in [2.05, 4.69) is 60.3 Å². The highest BCUT2D eigenvalue weighted by molar-refractivity contribution is 5.82. The number of rotatable bonds is 8. The number of carbonyl (C=O) groups excluding carboxylic acids is 1. The highest BCUT2D eigenvalue weighted by atomic mass is 16.5. The Bertz CT molecular complexity index is 605. The van der Waals surface area contributed by atoms with Crippen LogP contribution in [0.25, 0.3) is 0 Å². The van der Waals surface area contributed by atoms with Crippen LogP contribution in [0.4, 0.5) is 0 Å². The van der Waals surface area contributed by atoms with Crippen molar-refractivity contribution in [1.82, 2.24) is 15.1 Å². The van der Waals surface area contributed by atoms with Crippen molar-refractivity contribution in [2.24, 2.45) is 16.8 Å². The Balaban J connectivity index is 1.82. The van der Waals surface area contributed by atoms with E-state index in [0.717, 1.165) is 45.1 Å². The molecule has 2 atom stereocenters. The number of nitrogens with zero attached hydrogens (tertiary/aromatic N) is 3. The van der Waals surface area contributed by atoms with Crippen LogP contribution in [-0.4, -0.2) is 68.6 Å². The lowest BCUT2D eigenvalue weighted by atomic mass is 9.99. The van der Waals surface area contributed by atoms with Crippen LogP contribution in [0.5, 0.6) is 0 Å². The molecule has 1 heterocycles. The van der Waals surface area contributed by atoms with Gasteiger partial charge < -0.3 is 19.9 Å². The van der Waals surface area contributed by atoms with Crippen LogP contribution in [0.1, 0.15) is 25.8 Å². The molecule has 1 aromatic carbocycles. The van der Waals surface area contributed by atoms with Crippen LogP contribution in [0.2, 0.25) is 0 Å². The van der Waals surface area contributed by atoms with E-state index in [1.807, 2.05) is 6.07 Å². The summed E-state index contributed by atoms with van der Waals surface area (Å²) in [5.41, 5.74) is 1.33. The molecular weight excluding hydrogens is 340 g/mol. The number of aliphatic imine (C=N–C) groups is 1. The average Bonchev–Trinajstić information content (AvgIpc) is 3.06. The molecule has 0 amide bonds. The van der Waals surface area contributed by atoms with Gasteiger partial charge in [0, 0.05) is 32.7 Å². The van der Waals surface area contributed by atoms with Gasteiger partial charge in [-0.2, -0.15) is 0 Å². The molecule has 1 aliphatic rings. The maximum atomic E-state index is 11.9. The minimum atomic E-state index is -0.122. The number of esters is 1. The number of hydrogen-bond donors (Lipinski definition) is 1. The number of ether oxygens (including phenoxy) is 1. The Morgan fingerprint density at radius 3 is 2.74 bits per heavy atom. The van der Waals surface area contributed by atoms with Gasteiger partial charge in [-0.25, -0.2) is 0 Å². The molecule has 150 valence electrons. The molecule has 0 saturated carbocycles. The zero-order chi connectivity index (χ0) is 19.6. The zero-order valence-electron chi connectivity index (χ0n) is 17.1. The second-order valence-corrected chi connectivity index (χ2v) is 7.32. The summed E-state index contributed by atoms with van der Waals surface area (Å²) in [4.78, 5) is 21.2. The Kier molecular flexibility index (Phi) is 8.58. The Morgan fingerprint density at radius 2 is 2.07 bits per heavy atom. The fraction of sp³-hybridized carbons (Fsp3) is 0.619. The topological polar surface area (TPSA) is 57.2 Å². The van der Waals surface area contributed by atoms with Gasteiger partial charge in [0.05, 0.1) is 13.0 Å². The van der Waals surface area contributed by atoms with E-state index < -0.39 is 0 Å². The monoisotopic (exact) mass is 374 g/mol. The number of benzene rings is 1. The first kappa shape index (κ1) is 21.2. The molecule has 0 aliphatic carbocycles. The van der Waals surface area contributed by atoms with E-state index >= 15 is 0 Å². The van der Waals surface area contributed by atoms with Crippen LogP contribution < -0.4 is 5.32 Å². The van der Waals surface area contributed by atoms with Crippen molar-refractivity contribution in [2.75, 3.05) is 46.9 Å². The zero-order valence-corrected chi connectivity index (χ0v) is 17.1. The van der Waals surface area contributed by atoms with Gasteiger partial charge in [-0.15, -0.1) is 0 Å². The van der Waals surface area contributed by atoms with Crippen LogP contribution in [0.3, 0.4) is 0 Å². The van der Waals surface area contributed by atoms with E-state index in [4.69, 9.17) is 9.73 Å². The SMILES string of the molecule is CCNC(=NCCCN(C)Cc1ccccc1)N1CC(C)C(C(=O)OC)C1. The molecule has 6 nitrogen and oxygen atoms in total. The molecule has 2 unspecified atom stereocenters. The van der Waals surface area contributed by atoms with Crippen molar-refractivity contribution in [3.63, 3.8) is 0 Å². The van der Waals surface area contributed by atoms with Gasteiger partial charge in [-0.3, -0.25) is 9.79 Å². The van der Waals surface area contributed by atoms with Crippen LogP contribution >= 0.6 is 0 Å². The lowest BCUT2D eigenvalue weighted by Gasteiger charge is -2.22. The third kappa shape index (κ3) is 6.54. The first-order valence-corrected chi connectivity index (χ1v) is 9.88. The quantitative estimate of drug-likeness (QED) is 0.327. The minimum absolute atomic E-state index is 0.0733. The Hall–Kier alpha value is -2.08. The molecule has 0 radical (unpaired) electrons. The summed E-state index contributed by atoms with van der Waals surface area (Å²) in [6.45, 7) is 9.22. The second-order valence-electron chi connectivity index (χ2n) is 7.32. The fourth-order valence-electron chi connectivity index (χ4n) is 3.52. The first-order chi connectivity index (χ1) is 13.0. The van der Waals surface area contributed by atoms with Gasteiger partial charge in [-0.1, -0.05) is 37.3 Å². The van der Waals surface area contributed by atoms with Crippen molar-refractivity contribution in [2.45, 2.75) is 26.8 Å². The van der Waals surface area contributed by atoms with Gasteiger partial charge >= 0.3 is 5.97 Å². The summed E-state index contributed by atoms with van der Waals surface area (Å²) in [6.07, 6.45) is 1.00. The van der Waals surface area contributed by atoms with E-state index in [9.17, 15) is 4.79 Å². The summed E-state index contributed by atoms with van der Waals surface area (Å²) in [5.74, 6) is 0.985. The van der Waals surface area contributed by atoms with Crippen molar-refractivity contribution in [1.29, 1.82) is 0 Å².